The van der Waals surface area contributed by atoms with Crippen LogP contribution in [0.25, 0.3) is 0 Å². The predicted octanol–water partition coefficient (Wildman–Crippen LogP) is 2.63. The first kappa shape index (κ1) is 16.3. The fourth-order valence-corrected chi connectivity index (χ4v) is 2.81. The number of hydrogen-bond donors (Lipinski definition) is 2. The molecule has 2 aromatic rings. The van der Waals surface area contributed by atoms with Crippen LogP contribution in [0.15, 0.2) is 30.3 Å². The fourth-order valence-electron chi connectivity index (χ4n) is 1.85. The Morgan fingerprint density at radius 1 is 1.32 bits per heavy atom. The number of rotatable bonds is 5. The van der Waals surface area contributed by atoms with Gasteiger partial charge in [0.2, 0.25) is 0 Å². The van der Waals surface area contributed by atoms with Crippen LogP contribution in [0.5, 0.6) is 0 Å². The third-order valence-electron chi connectivity index (χ3n) is 3.02. The molecule has 1 amide bonds. The molecule has 0 unspecified atom stereocenters. The van der Waals surface area contributed by atoms with Crippen molar-refractivity contribution in [3.63, 3.8) is 0 Å². The first-order valence-corrected chi connectivity index (χ1v) is 7.66. The molecule has 0 bridgehead atoms. The molecule has 1 heterocycles. The van der Waals surface area contributed by atoms with E-state index < -0.39 is 0 Å². The third kappa shape index (κ3) is 4.22. The summed E-state index contributed by atoms with van der Waals surface area (Å²) in [5.41, 5.74) is 8.02. The minimum atomic E-state index is -0.324. The van der Waals surface area contributed by atoms with E-state index in [2.05, 4.69) is 10.1 Å². The molecule has 0 saturated heterocycles. The molecule has 22 heavy (non-hydrogen) atoms. The van der Waals surface area contributed by atoms with Crippen LogP contribution in [0.2, 0.25) is 4.34 Å². The van der Waals surface area contributed by atoms with E-state index in [0.717, 1.165) is 11.1 Å². The van der Waals surface area contributed by atoms with Gasteiger partial charge in [0.25, 0.3) is 5.91 Å². The largest absolute Gasteiger partial charge is 0.469 e. The number of hydrogen-bond acceptors (Lipinski definition) is 5. The highest BCUT2D eigenvalue weighted by Gasteiger charge is 2.10. The van der Waals surface area contributed by atoms with Gasteiger partial charge in [-0.3, -0.25) is 9.59 Å². The van der Waals surface area contributed by atoms with Crippen molar-refractivity contribution in [2.45, 2.75) is 13.0 Å². The Kier molecular flexibility index (Phi) is 5.41. The van der Waals surface area contributed by atoms with Gasteiger partial charge in [0.05, 0.1) is 22.7 Å². The molecule has 2 rings (SSSR count). The molecule has 0 spiro atoms. The monoisotopic (exact) mass is 338 g/mol. The molecule has 5 nitrogen and oxygen atoms in total. The number of carbonyl (C=O) groups is 2. The van der Waals surface area contributed by atoms with E-state index in [4.69, 9.17) is 17.3 Å². The number of anilines is 1. The lowest BCUT2D eigenvalue weighted by Gasteiger charge is -2.09. The summed E-state index contributed by atoms with van der Waals surface area (Å²) in [5.74, 6) is -0.523. The van der Waals surface area contributed by atoms with E-state index in [0.29, 0.717) is 21.4 Å². The van der Waals surface area contributed by atoms with Crippen LogP contribution in [0.4, 0.5) is 5.69 Å². The predicted molar refractivity (Wildman–Crippen MR) is 87.1 cm³/mol. The number of methoxy groups -OCH3 is 1. The molecular weight excluding hydrogens is 324 g/mol. The van der Waals surface area contributed by atoms with Gasteiger partial charge in [-0.2, -0.15) is 0 Å². The number of nitrogens with two attached hydrogens (primary N) is 1. The zero-order valence-electron chi connectivity index (χ0n) is 11.9. The number of nitrogens with one attached hydrogen (secondary N) is 1. The van der Waals surface area contributed by atoms with Crippen LogP contribution in [0, 0.1) is 0 Å². The maximum absolute atomic E-state index is 11.9. The van der Waals surface area contributed by atoms with Crippen LogP contribution in [-0.4, -0.2) is 19.0 Å². The summed E-state index contributed by atoms with van der Waals surface area (Å²) in [6, 6.07) is 8.63. The molecule has 0 saturated carbocycles. The summed E-state index contributed by atoms with van der Waals surface area (Å²) in [6.45, 7) is 0.304. The smallest absolute Gasteiger partial charge is 0.309 e. The fraction of sp³-hybridized carbons (Fsp3) is 0.200. The van der Waals surface area contributed by atoms with Crippen molar-refractivity contribution in [2.75, 3.05) is 12.8 Å². The van der Waals surface area contributed by atoms with Crippen LogP contribution in [0.3, 0.4) is 0 Å². The molecule has 0 radical (unpaired) electrons. The number of amides is 1. The first-order chi connectivity index (χ1) is 10.5. The SMILES string of the molecule is COC(=O)Cc1ccc(CNC(=O)c2ccc(Cl)s2)c(N)c1. The molecule has 0 fully saturated rings. The highest BCUT2D eigenvalue weighted by Crippen LogP contribution is 2.21. The number of halogens is 1. The molecule has 0 aliphatic heterocycles. The van der Waals surface area contributed by atoms with Crippen molar-refractivity contribution in [3.8, 4) is 0 Å². The van der Waals surface area contributed by atoms with Gasteiger partial charge in [0.15, 0.2) is 0 Å². The lowest BCUT2D eigenvalue weighted by Crippen LogP contribution is -2.22. The van der Waals surface area contributed by atoms with Crippen molar-refractivity contribution in [3.05, 3.63) is 50.7 Å². The number of ether oxygens (including phenoxy) is 1. The van der Waals surface area contributed by atoms with Crippen molar-refractivity contribution in [1.82, 2.24) is 5.32 Å². The van der Waals surface area contributed by atoms with Crippen molar-refractivity contribution in [1.29, 1.82) is 0 Å². The van der Waals surface area contributed by atoms with Gasteiger partial charge < -0.3 is 15.8 Å². The Bertz CT molecular complexity index is 700. The van der Waals surface area contributed by atoms with E-state index in [1.54, 1.807) is 30.3 Å². The Hall–Kier alpha value is -2.05. The van der Waals surface area contributed by atoms with Crippen molar-refractivity contribution in [2.24, 2.45) is 0 Å². The first-order valence-electron chi connectivity index (χ1n) is 6.47. The molecule has 0 aliphatic carbocycles. The molecule has 0 aliphatic rings. The van der Waals surface area contributed by atoms with Gasteiger partial charge in [0, 0.05) is 12.2 Å². The Morgan fingerprint density at radius 2 is 2.09 bits per heavy atom. The van der Waals surface area contributed by atoms with Gasteiger partial charge in [-0.25, -0.2) is 0 Å². The molecule has 1 aromatic carbocycles. The second-order valence-corrected chi connectivity index (χ2v) is 6.29. The summed E-state index contributed by atoms with van der Waals surface area (Å²) in [6.07, 6.45) is 0.168. The highest BCUT2D eigenvalue weighted by molar-refractivity contribution is 7.17. The van der Waals surface area contributed by atoms with Gasteiger partial charge >= 0.3 is 5.97 Å². The molecular formula is C15H15ClN2O3S. The molecule has 1 aromatic heterocycles. The number of benzene rings is 1. The third-order valence-corrected chi connectivity index (χ3v) is 4.25. The highest BCUT2D eigenvalue weighted by atomic mass is 35.5. The number of esters is 1. The Labute approximate surface area is 137 Å². The standard InChI is InChI=1S/C15H15ClN2O3S/c1-21-14(19)7-9-2-3-10(11(17)6-9)8-18-15(20)12-4-5-13(16)22-12/h2-6H,7-8,17H2,1H3,(H,18,20). The van der Waals surface area contributed by atoms with Crippen LogP contribution >= 0.6 is 22.9 Å². The van der Waals surface area contributed by atoms with Crippen LogP contribution in [0.1, 0.15) is 20.8 Å². The van der Waals surface area contributed by atoms with Gasteiger partial charge in [-0.15, -0.1) is 11.3 Å². The average molecular weight is 339 g/mol. The molecule has 7 heteroatoms. The summed E-state index contributed by atoms with van der Waals surface area (Å²) >= 11 is 7.02. The Morgan fingerprint density at radius 3 is 2.68 bits per heavy atom. The number of carbonyl (C=O) groups excluding carboxylic acids is 2. The molecule has 3 N–H and O–H groups in total. The second-order valence-electron chi connectivity index (χ2n) is 4.57. The topological polar surface area (TPSA) is 81.4 Å². The average Bonchev–Trinajstić information content (AvgIpc) is 2.92. The molecule has 0 atom stereocenters. The summed E-state index contributed by atoms with van der Waals surface area (Å²) in [4.78, 5) is 23.7. The van der Waals surface area contributed by atoms with E-state index in [9.17, 15) is 9.59 Å². The summed E-state index contributed by atoms with van der Waals surface area (Å²) in [5, 5.41) is 2.78. The van der Waals surface area contributed by atoms with E-state index in [-0.39, 0.29) is 18.3 Å². The maximum Gasteiger partial charge on any atom is 0.309 e. The second kappa shape index (κ2) is 7.29. The van der Waals surface area contributed by atoms with Gasteiger partial charge in [-0.05, 0) is 29.3 Å². The van der Waals surface area contributed by atoms with Crippen LogP contribution in [-0.2, 0) is 22.5 Å². The summed E-state index contributed by atoms with van der Waals surface area (Å²) < 4.78 is 5.17. The quantitative estimate of drug-likeness (QED) is 0.648. The van der Waals surface area contributed by atoms with E-state index in [1.807, 2.05) is 0 Å². The lowest BCUT2D eigenvalue weighted by atomic mass is 10.1. The zero-order valence-corrected chi connectivity index (χ0v) is 13.5. The maximum atomic E-state index is 11.9. The minimum Gasteiger partial charge on any atom is -0.469 e. The van der Waals surface area contributed by atoms with E-state index >= 15 is 0 Å². The number of thiophene rings is 1. The zero-order chi connectivity index (χ0) is 16.1. The Balaban J connectivity index is 1.98. The van der Waals surface area contributed by atoms with Crippen LogP contribution < -0.4 is 11.1 Å². The lowest BCUT2D eigenvalue weighted by molar-refractivity contribution is -0.139. The number of nitrogen functional groups attached to an aromatic ring is 1. The van der Waals surface area contributed by atoms with E-state index in [1.165, 1.54) is 18.4 Å². The van der Waals surface area contributed by atoms with Crippen molar-refractivity contribution < 1.29 is 14.3 Å². The summed E-state index contributed by atoms with van der Waals surface area (Å²) in [7, 11) is 1.34. The normalized spacial score (nSPS) is 10.3. The van der Waals surface area contributed by atoms with Gasteiger partial charge in [-0.1, -0.05) is 23.7 Å². The van der Waals surface area contributed by atoms with Gasteiger partial charge in [0.1, 0.15) is 0 Å². The minimum absolute atomic E-state index is 0.168. The molecule has 116 valence electrons. The van der Waals surface area contributed by atoms with Crippen molar-refractivity contribution >= 4 is 40.5 Å².